The maximum Gasteiger partial charge on any atom is 0.251 e. The van der Waals surface area contributed by atoms with Gasteiger partial charge in [-0.25, -0.2) is 9.97 Å². The van der Waals surface area contributed by atoms with Gasteiger partial charge in [-0.15, -0.1) is 0 Å². The van der Waals surface area contributed by atoms with E-state index in [2.05, 4.69) is 55.6 Å². The van der Waals surface area contributed by atoms with Gasteiger partial charge in [0.05, 0.1) is 11.4 Å². The Kier molecular flexibility index (Phi) is 7.19. The van der Waals surface area contributed by atoms with Crippen LogP contribution in [0.3, 0.4) is 0 Å². The topological polar surface area (TPSA) is 99.4 Å². The number of nitrogens with two attached hydrogens (primary N) is 1. The third-order valence-electron chi connectivity index (χ3n) is 5.83. The Morgan fingerprint density at radius 2 is 1.71 bits per heavy atom. The second-order valence-corrected chi connectivity index (χ2v) is 9.14. The summed E-state index contributed by atoms with van der Waals surface area (Å²) < 4.78 is 0. The molecule has 9 heteroatoms. The molecule has 34 heavy (non-hydrogen) atoms. The largest absolute Gasteiger partial charge is 0.393 e. The molecular weight excluding hydrogens is 450 g/mol. The summed E-state index contributed by atoms with van der Waals surface area (Å²) in [6, 6.07) is 14.0. The van der Waals surface area contributed by atoms with Gasteiger partial charge < -0.3 is 26.2 Å². The highest BCUT2D eigenvalue weighted by atomic mass is 35.5. The van der Waals surface area contributed by atoms with Crippen LogP contribution in [0.4, 0.5) is 22.9 Å². The molecule has 178 valence electrons. The summed E-state index contributed by atoms with van der Waals surface area (Å²) in [4.78, 5) is 25.2. The van der Waals surface area contributed by atoms with E-state index in [1.165, 1.54) is 6.33 Å². The Bertz CT molecular complexity index is 1160. The van der Waals surface area contributed by atoms with Gasteiger partial charge in [-0.05, 0) is 56.3 Å². The zero-order valence-corrected chi connectivity index (χ0v) is 20.4. The highest BCUT2D eigenvalue weighted by Gasteiger charge is 2.19. The fourth-order valence-corrected chi connectivity index (χ4v) is 4.03. The molecule has 0 atom stereocenters. The predicted molar refractivity (Wildman–Crippen MR) is 139 cm³/mol. The lowest BCUT2D eigenvalue weighted by Gasteiger charge is -2.35. The zero-order valence-electron chi connectivity index (χ0n) is 19.7. The van der Waals surface area contributed by atoms with Crippen LogP contribution in [0.1, 0.15) is 24.2 Å². The van der Waals surface area contributed by atoms with Crippen LogP contribution in [0.25, 0.3) is 11.1 Å². The highest BCUT2D eigenvalue weighted by molar-refractivity contribution is 6.32. The van der Waals surface area contributed by atoms with Crippen LogP contribution < -0.4 is 21.3 Å². The van der Waals surface area contributed by atoms with Crippen molar-refractivity contribution in [2.24, 2.45) is 0 Å². The second-order valence-electron chi connectivity index (χ2n) is 8.78. The monoisotopic (exact) mass is 479 g/mol. The molecule has 0 radical (unpaired) electrons. The van der Waals surface area contributed by atoms with E-state index in [1.54, 1.807) is 0 Å². The third-order valence-corrected chi connectivity index (χ3v) is 6.13. The van der Waals surface area contributed by atoms with E-state index in [0.29, 0.717) is 17.1 Å². The van der Waals surface area contributed by atoms with Crippen LogP contribution in [0.5, 0.6) is 0 Å². The molecular formula is C25H30ClN7O. The molecule has 0 spiro atoms. The summed E-state index contributed by atoms with van der Waals surface area (Å²) in [5, 5.41) is 6.50. The first kappa shape index (κ1) is 23.8. The summed E-state index contributed by atoms with van der Waals surface area (Å²) in [6.07, 6.45) is 1.39. The molecule has 0 unspecified atom stereocenters. The molecule has 1 aliphatic rings. The molecule has 2 heterocycles. The Morgan fingerprint density at radius 1 is 1.03 bits per heavy atom. The van der Waals surface area contributed by atoms with E-state index in [-0.39, 0.29) is 17.1 Å². The number of anilines is 4. The summed E-state index contributed by atoms with van der Waals surface area (Å²) >= 11 is 6.12. The standard InChI is InChI=1S/C25H30ClN7O/c1-16(2)30-25(34)18-6-4-17(5-7-18)19-8-9-21(33-12-10-32(3)11-13-33)20(14-19)31-24-22(27)23(26)28-15-29-24/h4-9,14-16H,10-13,27H2,1-3H3,(H,30,34)(H,28,29,31). The molecule has 0 saturated carbocycles. The van der Waals surface area contributed by atoms with Crippen LogP contribution >= 0.6 is 11.6 Å². The van der Waals surface area contributed by atoms with Gasteiger partial charge in [0, 0.05) is 37.8 Å². The molecule has 3 aromatic rings. The number of carbonyl (C=O) groups is 1. The van der Waals surface area contributed by atoms with Crippen molar-refractivity contribution in [1.29, 1.82) is 0 Å². The molecule has 8 nitrogen and oxygen atoms in total. The lowest BCUT2D eigenvalue weighted by molar-refractivity contribution is 0.0943. The number of hydrogen-bond acceptors (Lipinski definition) is 7. The average Bonchev–Trinajstić information content (AvgIpc) is 2.82. The van der Waals surface area contributed by atoms with Crippen molar-refractivity contribution in [3.63, 3.8) is 0 Å². The number of nitrogen functional groups attached to an aromatic ring is 1. The number of amides is 1. The molecule has 1 aromatic heterocycles. The number of rotatable bonds is 6. The molecule has 0 bridgehead atoms. The molecule has 0 aliphatic carbocycles. The molecule has 4 rings (SSSR count). The number of benzene rings is 2. The highest BCUT2D eigenvalue weighted by Crippen LogP contribution is 2.35. The van der Waals surface area contributed by atoms with Crippen molar-refractivity contribution >= 4 is 40.4 Å². The summed E-state index contributed by atoms with van der Waals surface area (Å²) in [6.45, 7) is 7.71. The minimum absolute atomic E-state index is 0.0783. The smallest absolute Gasteiger partial charge is 0.251 e. The second kappa shape index (κ2) is 10.3. The van der Waals surface area contributed by atoms with Gasteiger partial charge in [-0.1, -0.05) is 29.8 Å². The summed E-state index contributed by atoms with van der Waals surface area (Å²) in [5.74, 6) is 0.388. The van der Waals surface area contributed by atoms with Crippen LogP contribution in [0, 0.1) is 0 Å². The van der Waals surface area contributed by atoms with Crippen LogP contribution in [0.2, 0.25) is 5.15 Å². The Morgan fingerprint density at radius 3 is 2.38 bits per heavy atom. The number of likely N-dealkylation sites (N-methyl/N-ethyl adjacent to an activating group) is 1. The molecule has 4 N–H and O–H groups in total. The van der Waals surface area contributed by atoms with Crippen LogP contribution in [0.15, 0.2) is 48.8 Å². The Labute approximate surface area is 205 Å². The van der Waals surface area contributed by atoms with Gasteiger partial charge in [0.1, 0.15) is 12.0 Å². The average molecular weight is 480 g/mol. The zero-order chi connectivity index (χ0) is 24.2. The molecule has 1 amide bonds. The maximum atomic E-state index is 12.3. The van der Waals surface area contributed by atoms with Gasteiger partial charge >= 0.3 is 0 Å². The normalized spacial score (nSPS) is 14.3. The minimum atomic E-state index is -0.0783. The molecule has 1 saturated heterocycles. The van der Waals surface area contributed by atoms with E-state index < -0.39 is 0 Å². The van der Waals surface area contributed by atoms with Crippen molar-refractivity contribution < 1.29 is 4.79 Å². The quantitative estimate of drug-likeness (QED) is 0.459. The third kappa shape index (κ3) is 5.40. The number of halogens is 1. The molecule has 2 aromatic carbocycles. The van der Waals surface area contributed by atoms with E-state index >= 15 is 0 Å². The summed E-state index contributed by atoms with van der Waals surface area (Å²) in [5.41, 5.74) is 11.0. The number of aromatic nitrogens is 2. The number of piperazine rings is 1. The van der Waals surface area contributed by atoms with Gasteiger partial charge in [-0.2, -0.15) is 0 Å². The van der Waals surface area contributed by atoms with Gasteiger partial charge in [0.15, 0.2) is 11.0 Å². The lowest BCUT2D eigenvalue weighted by Crippen LogP contribution is -2.44. The Hall–Kier alpha value is -3.36. The van der Waals surface area contributed by atoms with Crippen molar-refractivity contribution in [2.45, 2.75) is 19.9 Å². The first-order valence-electron chi connectivity index (χ1n) is 11.3. The van der Waals surface area contributed by atoms with Crippen LogP contribution in [-0.4, -0.2) is 60.0 Å². The van der Waals surface area contributed by atoms with E-state index in [1.807, 2.05) is 38.1 Å². The molecule has 1 aliphatic heterocycles. The van der Waals surface area contributed by atoms with Crippen molar-refractivity contribution in [1.82, 2.24) is 20.2 Å². The summed E-state index contributed by atoms with van der Waals surface area (Å²) in [7, 11) is 2.13. The SMILES string of the molecule is CC(C)NC(=O)c1ccc(-c2ccc(N3CCN(C)CC3)c(Nc3ncnc(Cl)c3N)c2)cc1. The van der Waals surface area contributed by atoms with Crippen LogP contribution in [-0.2, 0) is 0 Å². The lowest BCUT2D eigenvalue weighted by atomic mass is 10.0. The minimum Gasteiger partial charge on any atom is -0.393 e. The molecule has 1 fully saturated rings. The van der Waals surface area contributed by atoms with Crippen molar-refractivity contribution in [3.05, 3.63) is 59.5 Å². The van der Waals surface area contributed by atoms with Gasteiger partial charge in [0.25, 0.3) is 5.91 Å². The maximum absolute atomic E-state index is 12.3. The van der Waals surface area contributed by atoms with Crippen molar-refractivity contribution in [2.75, 3.05) is 49.2 Å². The number of nitrogens with one attached hydrogen (secondary N) is 2. The van der Waals surface area contributed by atoms with E-state index in [4.69, 9.17) is 17.3 Å². The fraction of sp³-hybridized carbons (Fsp3) is 0.320. The van der Waals surface area contributed by atoms with Gasteiger partial charge in [-0.3, -0.25) is 4.79 Å². The number of nitrogens with zero attached hydrogens (tertiary/aromatic N) is 4. The van der Waals surface area contributed by atoms with Gasteiger partial charge in [0.2, 0.25) is 0 Å². The number of carbonyl (C=O) groups excluding carboxylic acids is 1. The fourth-order valence-electron chi connectivity index (χ4n) is 3.90. The first-order chi connectivity index (χ1) is 16.3. The predicted octanol–water partition coefficient (Wildman–Crippen LogP) is 4.01. The first-order valence-corrected chi connectivity index (χ1v) is 11.7. The van der Waals surface area contributed by atoms with E-state index in [0.717, 1.165) is 48.7 Å². The number of hydrogen-bond donors (Lipinski definition) is 3. The van der Waals surface area contributed by atoms with E-state index in [9.17, 15) is 4.79 Å². The Balaban J connectivity index is 1.67. The van der Waals surface area contributed by atoms with Crippen molar-refractivity contribution in [3.8, 4) is 11.1 Å².